The highest BCUT2D eigenvalue weighted by Crippen LogP contribution is 2.18. The van der Waals surface area contributed by atoms with E-state index in [4.69, 9.17) is 0 Å². The molecular formula is C12H25BrN2O2S. The van der Waals surface area contributed by atoms with E-state index in [0.29, 0.717) is 23.8 Å². The molecule has 1 aliphatic rings. The van der Waals surface area contributed by atoms with Crippen molar-refractivity contribution in [3.05, 3.63) is 0 Å². The van der Waals surface area contributed by atoms with Crippen LogP contribution in [-0.4, -0.2) is 50.0 Å². The first-order valence-corrected chi connectivity index (χ1v) is 9.49. The Kier molecular flexibility index (Phi) is 7.13. The summed E-state index contributed by atoms with van der Waals surface area (Å²) < 4.78 is 24.6. The second-order valence-corrected chi connectivity index (χ2v) is 8.40. The lowest BCUT2D eigenvalue weighted by molar-refractivity contribution is 0.261. The molecule has 1 aliphatic heterocycles. The van der Waals surface area contributed by atoms with Crippen LogP contribution in [-0.2, 0) is 10.0 Å². The van der Waals surface area contributed by atoms with E-state index in [9.17, 15) is 8.42 Å². The fraction of sp³-hybridized carbons (Fsp3) is 1.00. The second-order valence-electron chi connectivity index (χ2n) is 5.13. The maximum absolute atomic E-state index is 11.5. The summed E-state index contributed by atoms with van der Waals surface area (Å²) in [6, 6.07) is 0. The van der Waals surface area contributed by atoms with Crippen molar-refractivity contribution in [1.29, 1.82) is 0 Å². The Labute approximate surface area is 120 Å². The summed E-state index contributed by atoms with van der Waals surface area (Å²) in [5.74, 6) is 0.462. The van der Waals surface area contributed by atoms with Gasteiger partial charge >= 0.3 is 0 Å². The van der Waals surface area contributed by atoms with Crippen molar-refractivity contribution in [1.82, 2.24) is 9.62 Å². The molecule has 0 bridgehead atoms. The molecule has 2 atom stereocenters. The molecule has 0 aromatic rings. The van der Waals surface area contributed by atoms with E-state index in [-0.39, 0.29) is 0 Å². The van der Waals surface area contributed by atoms with Crippen molar-refractivity contribution >= 4 is 26.0 Å². The highest BCUT2D eigenvalue weighted by atomic mass is 79.9. The van der Waals surface area contributed by atoms with E-state index in [2.05, 4.69) is 28.2 Å². The quantitative estimate of drug-likeness (QED) is 0.568. The van der Waals surface area contributed by atoms with E-state index in [1.807, 2.05) is 0 Å². The fourth-order valence-corrected chi connectivity index (χ4v) is 3.43. The minimum absolute atomic E-state index is 0.462. The van der Waals surface area contributed by atoms with Crippen LogP contribution in [0.1, 0.15) is 32.6 Å². The number of piperidine rings is 1. The number of nitrogens with zero attached hydrogens (tertiary/aromatic N) is 1. The first-order valence-electron chi connectivity index (χ1n) is 6.73. The summed E-state index contributed by atoms with van der Waals surface area (Å²) in [6.07, 6.45) is 5.69. The van der Waals surface area contributed by atoms with Gasteiger partial charge in [-0.1, -0.05) is 22.9 Å². The first kappa shape index (κ1) is 16.4. The Morgan fingerprint density at radius 1 is 1.50 bits per heavy atom. The van der Waals surface area contributed by atoms with Gasteiger partial charge in [0.1, 0.15) is 0 Å². The maximum Gasteiger partial charge on any atom is 0.211 e. The molecule has 18 heavy (non-hydrogen) atoms. The summed E-state index contributed by atoms with van der Waals surface area (Å²) in [6.45, 7) is 5.46. The predicted octanol–water partition coefficient (Wildman–Crippen LogP) is 1.81. The van der Waals surface area contributed by atoms with E-state index in [1.54, 1.807) is 4.31 Å². The molecule has 1 heterocycles. The van der Waals surface area contributed by atoms with Gasteiger partial charge in [0, 0.05) is 17.9 Å². The SMILES string of the molecule is CCC(Br)CCNCC1CCCN(S(C)(=O)=O)C1. The molecule has 1 fully saturated rings. The van der Waals surface area contributed by atoms with Crippen molar-refractivity contribution in [2.75, 3.05) is 32.4 Å². The van der Waals surface area contributed by atoms with Gasteiger partial charge in [-0.3, -0.25) is 0 Å². The molecule has 108 valence electrons. The molecule has 0 saturated carbocycles. The molecule has 1 saturated heterocycles. The normalized spacial score (nSPS) is 24.1. The molecule has 0 radical (unpaired) electrons. The summed E-state index contributed by atoms with van der Waals surface area (Å²) in [7, 11) is -3.01. The maximum atomic E-state index is 11.5. The van der Waals surface area contributed by atoms with Crippen molar-refractivity contribution in [2.24, 2.45) is 5.92 Å². The van der Waals surface area contributed by atoms with Crippen LogP contribution < -0.4 is 5.32 Å². The van der Waals surface area contributed by atoms with E-state index >= 15 is 0 Å². The largest absolute Gasteiger partial charge is 0.316 e. The average Bonchev–Trinajstić information content (AvgIpc) is 2.33. The minimum atomic E-state index is -3.01. The van der Waals surface area contributed by atoms with E-state index < -0.39 is 10.0 Å². The lowest BCUT2D eigenvalue weighted by Gasteiger charge is -2.31. The number of rotatable bonds is 7. The van der Waals surface area contributed by atoms with Crippen molar-refractivity contribution < 1.29 is 8.42 Å². The van der Waals surface area contributed by atoms with Gasteiger partial charge in [0.15, 0.2) is 0 Å². The van der Waals surface area contributed by atoms with Crippen LogP contribution in [0.4, 0.5) is 0 Å². The predicted molar refractivity (Wildman–Crippen MR) is 79.6 cm³/mol. The Bertz CT molecular complexity index is 335. The van der Waals surface area contributed by atoms with Gasteiger partial charge in [-0.05, 0) is 44.7 Å². The molecule has 0 amide bonds. The lowest BCUT2D eigenvalue weighted by atomic mass is 10.00. The van der Waals surface area contributed by atoms with Gasteiger partial charge in [-0.25, -0.2) is 12.7 Å². The van der Waals surface area contributed by atoms with E-state index in [0.717, 1.165) is 38.8 Å². The smallest absolute Gasteiger partial charge is 0.211 e. The topological polar surface area (TPSA) is 49.4 Å². The third kappa shape index (κ3) is 5.99. The van der Waals surface area contributed by atoms with Crippen LogP contribution in [0, 0.1) is 5.92 Å². The van der Waals surface area contributed by atoms with Crippen LogP contribution in [0.15, 0.2) is 0 Å². The van der Waals surface area contributed by atoms with Crippen molar-refractivity contribution in [2.45, 2.75) is 37.4 Å². The molecule has 4 nitrogen and oxygen atoms in total. The van der Waals surface area contributed by atoms with E-state index in [1.165, 1.54) is 6.26 Å². The van der Waals surface area contributed by atoms with Gasteiger partial charge < -0.3 is 5.32 Å². The van der Waals surface area contributed by atoms with Crippen LogP contribution in [0.3, 0.4) is 0 Å². The lowest BCUT2D eigenvalue weighted by Crippen LogP contribution is -2.42. The molecule has 0 aliphatic carbocycles. The number of alkyl halides is 1. The summed E-state index contributed by atoms with van der Waals surface area (Å²) in [5.41, 5.74) is 0. The molecule has 1 N–H and O–H groups in total. The number of hydrogen-bond acceptors (Lipinski definition) is 3. The summed E-state index contributed by atoms with van der Waals surface area (Å²) in [4.78, 5) is 0.587. The molecule has 0 spiro atoms. The van der Waals surface area contributed by atoms with Crippen molar-refractivity contribution in [3.63, 3.8) is 0 Å². The van der Waals surface area contributed by atoms with Gasteiger partial charge in [-0.2, -0.15) is 0 Å². The highest BCUT2D eigenvalue weighted by Gasteiger charge is 2.25. The van der Waals surface area contributed by atoms with Gasteiger partial charge in [0.05, 0.1) is 6.26 Å². The molecule has 2 unspecified atom stereocenters. The second kappa shape index (κ2) is 7.82. The zero-order valence-electron chi connectivity index (χ0n) is 11.4. The standard InChI is InChI=1S/C12H25BrN2O2S/c1-3-12(13)6-7-14-9-11-5-4-8-15(10-11)18(2,16)17/h11-12,14H,3-10H2,1-2H3. The molecule has 1 rings (SSSR count). The van der Waals surface area contributed by atoms with Crippen LogP contribution in [0.25, 0.3) is 0 Å². The average molecular weight is 341 g/mol. The van der Waals surface area contributed by atoms with Crippen molar-refractivity contribution in [3.8, 4) is 0 Å². The Morgan fingerprint density at radius 2 is 2.22 bits per heavy atom. The zero-order valence-corrected chi connectivity index (χ0v) is 13.8. The van der Waals surface area contributed by atoms with Crippen LogP contribution >= 0.6 is 15.9 Å². The summed E-state index contributed by atoms with van der Waals surface area (Å²) >= 11 is 3.61. The van der Waals surface area contributed by atoms with Gasteiger partial charge in [0.25, 0.3) is 0 Å². The Hall–Kier alpha value is 0.350. The van der Waals surface area contributed by atoms with Crippen LogP contribution in [0.5, 0.6) is 0 Å². The molecular weight excluding hydrogens is 316 g/mol. The molecule has 0 aromatic heterocycles. The summed E-state index contributed by atoms with van der Waals surface area (Å²) in [5, 5.41) is 3.44. The molecule has 0 aromatic carbocycles. The third-order valence-electron chi connectivity index (χ3n) is 3.46. The van der Waals surface area contributed by atoms with Gasteiger partial charge in [-0.15, -0.1) is 0 Å². The van der Waals surface area contributed by atoms with Gasteiger partial charge in [0.2, 0.25) is 10.0 Å². The Morgan fingerprint density at radius 3 is 2.83 bits per heavy atom. The Balaban J connectivity index is 2.23. The first-order chi connectivity index (χ1) is 8.43. The number of hydrogen-bond donors (Lipinski definition) is 1. The number of sulfonamides is 1. The van der Waals surface area contributed by atoms with Crippen LogP contribution in [0.2, 0.25) is 0 Å². The zero-order chi connectivity index (χ0) is 13.6. The minimum Gasteiger partial charge on any atom is -0.316 e. The fourth-order valence-electron chi connectivity index (χ4n) is 2.26. The highest BCUT2D eigenvalue weighted by molar-refractivity contribution is 9.09. The third-order valence-corrected chi connectivity index (χ3v) is 5.84. The number of nitrogens with one attached hydrogen (secondary N) is 1. The number of halogens is 1. The molecule has 6 heteroatoms. The monoisotopic (exact) mass is 340 g/mol.